The van der Waals surface area contributed by atoms with Crippen molar-refractivity contribution >= 4 is 21.7 Å². The van der Waals surface area contributed by atoms with Gasteiger partial charge in [0.05, 0.1) is 16.8 Å². The molecule has 0 radical (unpaired) electrons. The molecule has 0 spiro atoms. The van der Waals surface area contributed by atoms with Gasteiger partial charge in [0, 0.05) is 26.1 Å². The van der Waals surface area contributed by atoms with E-state index in [2.05, 4.69) is 38.3 Å². The van der Waals surface area contributed by atoms with Gasteiger partial charge in [0.25, 0.3) is 0 Å². The van der Waals surface area contributed by atoms with Gasteiger partial charge in [-0.3, -0.25) is 5.10 Å². The van der Waals surface area contributed by atoms with Crippen LogP contribution < -0.4 is 9.64 Å². The first-order chi connectivity index (χ1) is 8.66. The van der Waals surface area contributed by atoms with Gasteiger partial charge < -0.3 is 9.64 Å². The average molecular weight is 308 g/mol. The van der Waals surface area contributed by atoms with E-state index in [0.29, 0.717) is 0 Å². The molecule has 2 heterocycles. The molecule has 18 heavy (non-hydrogen) atoms. The summed E-state index contributed by atoms with van der Waals surface area (Å²) in [5.41, 5.74) is 3.40. The fraction of sp³-hybridized carbons (Fsp3) is 0.308. The molecule has 4 nitrogen and oxygen atoms in total. The van der Waals surface area contributed by atoms with Gasteiger partial charge in [-0.2, -0.15) is 5.10 Å². The molecule has 0 saturated heterocycles. The lowest BCUT2D eigenvalue weighted by Gasteiger charge is -2.08. The van der Waals surface area contributed by atoms with E-state index in [1.807, 2.05) is 25.1 Å². The lowest BCUT2D eigenvalue weighted by atomic mass is 10.1. The normalized spacial score (nSPS) is 13.3. The Kier molecular flexibility index (Phi) is 2.78. The van der Waals surface area contributed by atoms with Crippen LogP contribution in [-0.4, -0.2) is 30.9 Å². The van der Waals surface area contributed by atoms with Crippen molar-refractivity contribution in [1.29, 1.82) is 0 Å². The number of nitrogens with one attached hydrogen (secondary N) is 1. The van der Waals surface area contributed by atoms with Gasteiger partial charge >= 0.3 is 0 Å². The Morgan fingerprint density at radius 2 is 2.22 bits per heavy atom. The molecule has 1 N–H and O–H groups in total. The maximum Gasteiger partial charge on any atom is 0.164 e. The van der Waals surface area contributed by atoms with Crippen LogP contribution >= 0.6 is 15.9 Å². The highest BCUT2D eigenvalue weighted by molar-refractivity contribution is 9.10. The number of hydrogen-bond acceptors (Lipinski definition) is 3. The highest BCUT2D eigenvalue weighted by Gasteiger charge is 2.17. The summed E-state index contributed by atoms with van der Waals surface area (Å²) in [7, 11) is 3.95. The molecule has 0 amide bonds. The highest BCUT2D eigenvalue weighted by Crippen LogP contribution is 2.36. The Bertz CT molecular complexity index is 592. The molecule has 2 aromatic rings. The summed E-state index contributed by atoms with van der Waals surface area (Å²) in [6.07, 6.45) is 0.982. The first-order valence-corrected chi connectivity index (χ1v) is 6.63. The number of anilines is 1. The number of aromatic amines is 1. The van der Waals surface area contributed by atoms with Crippen LogP contribution in [0.3, 0.4) is 0 Å². The number of aromatic nitrogens is 2. The second-order valence-corrected chi connectivity index (χ2v) is 5.34. The molecule has 0 fully saturated rings. The van der Waals surface area contributed by atoms with E-state index in [-0.39, 0.29) is 0 Å². The van der Waals surface area contributed by atoms with Crippen molar-refractivity contribution in [2.24, 2.45) is 0 Å². The Balaban J connectivity index is 2.05. The summed E-state index contributed by atoms with van der Waals surface area (Å²) in [6.45, 7) is 0.784. The fourth-order valence-corrected chi connectivity index (χ4v) is 2.91. The number of halogens is 1. The second-order valence-electron chi connectivity index (χ2n) is 4.55. The first-order valence-electron chi connectivity index (χ1n) is 5.84. The maximum atomic E-state index is 5.52. The van der Waals surface area contributed by atoms with E-state index < -0.39 is 0 Å². The second kappa shape index (κ2) is 4.31. The molecule has 1 aromatic heterocycles. The smallest absolute Gasteiger partial charge is 0.164 e. The Morgan fingerprint density at radius 3 is 2.94 bits per heavy atom. The predicted molar refractivity (Wildman–Crippen MR) is 75.2 cm³/mol. The molecule has 0 bridgehead atoms. The van der Waals surface area contributed by atoms with Gasteiger partial charge in [-0.05, 0) is 39.7 Å². The Hall–Kier alpha value is -1.49. The van der Waals surface area contributed by atoms with Gasteiger partial charge in [0.1, 0.15) is 5.75 Å². The summed E-state index contributed by atoms with van der Waals surface area (Å²) in [4.78, 5) is 1.97. The third-order valence-corrected chi connectivity index (χ3v) is 3.84. The van der Waals surface area contributed by atoms with Crippen molar-refractivity contribution in [2.45, 2.75) is 6.42 Å². The number of benzene rings is 1. The third-order valence-electron chi connectivity index (χ3n) is 3.09. The lowest BCUT2D eigenvalue weighted by Crippen LogP contribution is -2.09. The molecule has 0 saturated carbocycles. The zero-order chi connectivity index (χ0) is 12.7. The van der Waals surface area contributed by atoms with Crippen molar-refractivity contribution in [2.75, 3.05) is 25.6 Å². The van der Waals surface area contributed by atoms with E-state index in [9.17, 15) is 0 Å². The third kappa shape index (κ3) is 1.79. The van der Waals surface area contributed by atoms with Crippen molar-refractivity contribution in [3.63, 3.8) is 0 Å². The van der Waals surface area contributed by atoms with Crippen LogP contribution in [0.25, 0.3) is 11.3 Å². The van der Waals surface area contributed by atoms with E-state index in [0.717, 1.165) is 40.3 Å². The van der Waals surface area contributed by atoms with Crippen LogP contribution in [-0.2, 0) is 6.42 Å². The fourth-order valence-electron chi connectivity index (χ4n) is 2.15. The summed E-state index contributed by atoms with van der Waals surface area (Å²) in [5.74, 6) is 1.91. The molecule has 94 valence electrons. The number of ether oxygens (including phenoxy) is 1. The van der Waals surface area contributed by atoms with Crippen molar-refractivity contribution < 1.29 is 4.74 Å². The number of fused-ring (bicyclic) bond motifs is 1. The lowest BCUT2D eigenvalue weighted by molar-refractivity contribution is 0.357. The van der Waals surface area contributed by atoms with Crippen molar-refractivity contribution in [3.8, 4) is 17.0 Å². The number of H-pyrrole nitrogens is 1. The molecule has 0 unspecified atom stereocenters. The van der Waals surface area contributed by atoms with E-state index in [4.69, 9.17) is 4.74 Å². The standard InChI is InChI=1S/C13H14BrN3O/c1-17(2)13-11(14)12(15-16-13)9-3-4-10-8(7-9)5-6-18-10/h3-4,7H,5-6H2,1-2H3,(H,15,16). The van der Waals surface area contributed by atoms with Gasteiger partial charge in [0.2, 0.25) is 0 Å². The molecular weight excluding hydrogens is 294 g/mol. The summed E-state index contributed by atoms with van der Waals surface area (Å²) in [6, 6.07) is 6.25. The SMILES string of the molecule is CN(C)c1n[nH]c(-c2ccc3c(c2)CCO3)c1Br. The molecule has 0 atom stereocenters. The minimum atomic E-state index is 0.784. The van der Waals surface area contributed by atoms with Crippen LogP contribution in [0.2, 0.25) is 0 Å². The van der Waals surface area contributed by atoms with Gasteiger partial charge in [-0.15, -0.1) is 0 Å². The maximum absolute atomic E-state index is 5.52. The van der Waals surface area contributed by atoms with Crippen molar-refractivity contribution in [1.82, 2.24) is 10.2 Å². The van der Waals surface area contributed by atoms with Crippen LogP contribution in [0, 0.1) is 0 Å². The van der Waals surface area contributed by atoms with Crippen LogP contribution in [0.15, 0.2) is 22.7 Å². The molecular formula is C13H14BrN3O. The first kappa shape index (κ1) is 11.6. The van der Waals surface area contributed by atoms with Crippen LogP contribution in [0.1, 0.15) is 5.56 Å². The number of hydrogen-bond donors (Lipinski definition) is 1. The Labute approximate surface area is 114 Å². The molecule has 0 aliphatic carbocycles. The molecule has 5 heteroatoms. The van der Waals surface area contributed by atoms with Gasteiger partial charge in [-0.25, -0.2) is 0 Å². The summed E-state index contributed by atoms with van der Waals surface area (Å²) < 4.78 is 6.51. The van der Waals surface area contributed by atoms with Gasteiger partial charge in [-0.1, -0.05) is 0 Å². The van der Waals surface area contributed by atoms with E-state index in [1.54, 1.807) is 0 Å². The molecule has 1 aromatic carbocycles. The zero-order valence-corrected chi connectivity index (χ0v) is 11.9. The number of rotatable bonds is 2. The average Bonchev–Trinajstić information content (AvgIpc) is 2.93. The molecule has 1 aliphatic heterocycles. The Morgan fingerprint density at radius 1 is 1.39 bits per heavy atom. The topological polar surface area (TPSA) is 41.2 Å². The largest absolute Gasteiger partial charge is 0.493 e. The molecule has 3 rings (SSSR count). The summed E-state index contributed by atoms with van der Waals surface area (Å²) in [5, 5.41) is 7.39. The minimum absolute atomic E-state index is 0.784. The molecule has 1 aliphatic rings. The van der Waals surface area contributed by atoms with E-state index in [1.165, 1.54) is 5.56 Å². The quantitative estimate of drug-likeness (QED) is 0.927. The van der Waals surface area contributed by atoms with Crippen LogP contribution in [0.5, 0.6) is 5.75 Å². The van der Waals surface area contributed by atoms with Crippen molar-refractivity contribution in [3.05, 3.63) is 28.2 Å². The van der Waals surface area contributed by atoms with Gasteiger partial charge in [0.15, 0.2) is 5.82 Å². The minimum Gasteiger partial charge on any atom is -0.493 e. The van der Waals surface area contributed by atoms with E-state index >= 15 is 0 Å². The predicted octanol–water partition coefficient (Wildman–Crippen LogP) is 2.84. The monoisotopic (exact) mass is 307 g/mol. The zero-order valence-electron chi connectivity index (χ0n) is 10.3. The van der Waals surface area contributed by atoms with Crippen LogP contribution in [0.4, 0.5) is 5.82 Å². The number of nitrogens with zero attached hydrogens (tertiary/aromatic N) is 2. The highest BCUT2D eigenvalue weighted by atomic mass is 79.9. The summed E-state index contributed by atoms with van der Waals surface area (Å²) >= 11 is 3.60.